The zero-order valence-electron chi connectivity index (χ0n) is 20.6. The van der Waals surface area contributed by atoms with Crippen molar-refractivity contribution in [1.29, 1.82) is 0 Å². The molecule has 4 aliphatic rings. The lowest BCUT2D eigenvalue weighted by Crippen LogP contribution is -2.64. The number of aliphatic hydroxyl groups is 2. The SMILES string of the molecule is CCO/N=C1/C=C[C@@]2(C)C(=C1)CC[C@@H]1[C@@H]2C(=O)C[C@@]2(C)[C@@]1(C)CC[C@]2(O)/C(CO)=N\OCC. The van der Waals surface area contributed by atoms with Crippen LogP contribution in [-0.2, 0) is 14.5 Å². The summed E-state index contributed by atoms with van der Waals surface area (Å²) < 4.78 is 0. The van der Waals surface area contributed by atoms with Gasteiger partial charge in [0.15, 0.2) is 0 Å². The largest absolute Gasteiger partial charge is 0.396 e. The minimum absolute atomic E-state index is 0.127. The van der Waals surface area contributed by atoms with Gasteiger partial charge in [-0.3, -0.25) is 4.79 Å². The molecule has 0 aromatic carbocycles. The van der Waals surface area contributed by atoms with Gasteiger partial charge in [-0.2, -0.15) is 0 Å². The van der Waals surface area contributed by atoms with Crippen molar-refractivity contribution in [2.45, 2.75) is 72.3 Å². The van der Waals surface area contributed by atoms with Crippen molar-refractivity contribution in [3.05, 3.63) is 23.8 Å². The van der Waals surface area contributed by atoms with Crippen LogP contribution in [0.1, 0.15) is 66.7 Å². The van der Waals surface area contributed by atoms with E-state index < -0.39 is 11.0 Å². The van der Waals surface area contributed by atoms with Crippen LogP contribution in [0.15, 0.2) is 34.1 Å². The number of hydrogen-bond donors (Lipinski definition) is 2. The molecule has 33 heavy (non-hydrogen) atoms. The molecule has 0 spiro atoms. The Balaban J connectivity index is 1.73. The number of hydrogen-bond acceptors (Lipinski definition) is 7. The maximum Gasteiger partial charge on any atom is 0.138 e. The predicted octanol–water partition coefficient (Wildman–Crippen LogP) is 3.80. The van der Waals surface area contributed by atoms with Gasteiger partial charge < -0.3 is 19.9 Å². The quantitative estimate of drug-likeness (QED) is 0.466. The summed E-state index contributed by atoms with van der Waals surface area (Å²) in [4.78, 5) is 24.3. The lowest BCUT2D eigenvalue weighted by Gasteiger charge is -2.62. The van der Waals surface area contributed by atoms with Gasteiger partial charge >= 0.3 is 0 Å². The van der Waals surface area contributed by atoms with Gasteiger partial charge in [0, 0.05) is 23.2 Å². The second-order valence-electron chi connectivity index (χ2n) is 10.7. The Morgan fingerprint density at radius 3 is 2.58 bits per heavy atom. The van der Waals surface area contributed by atoms with Crippen LogP contribution in [0.25, 0.3) is 0 Å². The van der Waals surface area contributed by atoms with E-state index >= 15 is 0 Å². The first kappa shape index (κ1) is 24.1. The topological polar surface area (TPSA) is 101 Å². The lowest BCUT2D eigenvalue weighted by atomic mass is 9.41. The zero-order valence-corrected chi connectivity index (χ0v) is 20.6. The summed E-state index contributed by atoms with van der Waals surface area (Å²) in [7, 11) is 0. The monoisotopic (exact) mass is 458 g/mol. The minimum atomic E-state index is -1.37. The molecule has 0 aliphatic heterocycles. The molecule has 0 aromatic rings. The van der Waals surface area contributed by atoms with Crippen LogP contribution in [0.2, 0.25) is 0 Å². The number of nitrogens with zero attached hydrogens (tertiary/aromatic N) is 2. The van der Waals surface area contributed by atoms with Gasteiger partial charge in [0.05, 0.1) is 6.61 Å². The number of ketones is 1. The number of carbonyl (C=O) groups is 1. The van der Waals surface area contributed by atoms with Crippen LogP contribution in [-0.4, -0.2) is 52.8 Å². The Bertz CT molecular complexity index is 939. The number of rotatable bonds is 6. The maximum absolute atomic E-state index is 13.9. The fourth-order valence-corrected chi connectivity index (χ4v) is 7.44. The third-order valence-corrected chi connectivity index (χ3v) is 9.49. The highest BCUT2D eigenvalue weighted by atomic mass is 16.6. The molecular weight excluding hydrogens is 420 g/mol. The molecule has 3 fully saturated rings. The number of fused-ring (bicyclic) bond motifs is 5. The third-order valence-electron chi connectivity index (χ3n) is 9.49. The molecule has 4 rings (SSSR count). The second-order valence-corrected chi connectivity index (χ2v) is 10.7. The average Bonchev–Trinajstić information content (AvgIpc) is 3.00. The minimum Gasteiger partial charge on any atom is -0.396 e. The van der Waals surface area contributed by atoms with Gasteiger partial charge in [-0.05, 0) is 63.0 Å². The number of carbonyl (C=O) groups excluding carboxylic acids is 1. The van der Waals surface area contributed by atoms with E-state index in [1.807, 2.05) is 26.8 Å². The van der Waals surface area contributed by atoms with Crippen molar-refractivity contribution in [2.75, 3.05) is 19.8 Å². The first-order valence-corrected chi connectivity index (χ1v) is 12.3. The van der Waals surface area contributed by atoms with E-state index in [1.54, 1.807) is 0 Å². The van der Waals surface area contributed by atoms with Gasteiger partial charge in [-0.1, -0.05) is 42.7 Å². The fraction of sp³-hybridized carbons (Fsp3) is 0.731. The Hall–Kier alpha value is -1.99. The molecule has 0 radical (unpaired) electrons. The smallest absolute Gasteiger partial charge is 0.138 e. The van der Waals surface area contributed by atoms with E-state index in [1.165, 1.54) is 5.57 Å². The fourth-order valence-electron chi connectivity index (χ4n) is 7.44. The molecule has 2 N–H and O–H groups in total. The van der Waals surface area contributed by atoms with Crippen LogP contribution in [0.5, 0.6) is 0 Å². The lowest BCUT2D eigenvalue weighted by molar-refractivity contribution is -0.165. The summed E-state index contributed by atoms with van der Waals surface area (Å²) in [6.07, 6.45) is 9.43. The summed E-state index contributed by atoms with van der Waals surface area (Å²) >= 11 is 0. The highest BCUT2D eigenvalue weighted by molar-refractivity contribution is 6.06. The first-order valence-electron chi connectivity index (χ1n) is 12.3. The molecular formula is C26H38N2O5. The average molecular weight is 459 g/mol. The van der Waals surface area contributed by atoms with E-state index in [-0.39, 0.29) is 47.2 Å². The van der Waals surface area contributed by atoms with Gasteiger partial charge in [0.2, 0.25) is 0 Å². The normalized spacial score (nSPS) is 43.6. The Morgan fingerprint density at radius 1 is 1.18 bits per heavy atom. The molecule has 0 aromatic heterocycles. The van der Waals surface area contributed by atoms with Crippen LogP contribution in [0.3, 0.4) is 0 Å². The van der Waals surface area contributed by atoms with Gasteiger partial charge in [-0.15, -0.1) is 0 Å². The van der Waals surface area contributed by atoms with E-state index in [2.05, 4.69) is 36.3 Å². The summed E-state index contributed by atoms with van der Waals surface area (Å²) in [5, 5.41) is 30.3. The highest BCUT2D eigenvalue weighted by Gasteiger charge is 2.72. The molecule has 0 heterocycles. The van der Waals surface area contributed by atoms with Gasteiger partial charge in [0.1, 0.15) is 36.0 Å². The number of Topliss-reactive ketones (excluding diaryl/α,β-unsaturated/α-hetero) is 1. The van der Waals surface area contributed by atoms with E-state index in [0.29, 0.717) is 19.6 Å². The Morgan fingerprint density at radius 2 is 1.91 bits per heavy atom. The van der Waals surface area contributed by atoms with Crippen LogP contribution in [0.4, 0.5) is 0 Å². The molecule has 4 aliphatic carbocycles. The summed E-state index contributed by atoms with van der Waals surface area (Å²) in [5.74, 6) is 0.156. The van der Waals surface area contributed by atoms with Crippen molar-refractivity contribution in [2.24, 2.45) is 38.4 Å². The van der Waals surface area contributed by atoms with E-state index in [0.717, 1.165) is 25.0 Å². The number of aliphatic hydroxyl groups excluding tert-OH is 1. The summed E-state index contributed by atoms with van der Waals surface area (Å²) in [5.41, 5.74) is -0.485. The Kier molecular flexibility index (Phi) is 6.11. The van der Waals surface area contributed by atoms with E-state index in [4.69, 9.17) is 9.68 Å². The van der Waals surface area contributed by atoms with Gasteiger partial charge in [0.25, 0.3) is 0 Å². The van der Waals surface area contributed by atoms with E-state index in [9.17, 15) is 15.0 Å². The molecule has 0 unspecified atom stereocenters. The van der Waals surface area contributed by atoms with Crippen LogP contribution in [0, 0.1) is 28.1 Å². The highest BCUT2D eigenvalue weighted by Crippen LogP contribution is 2.72. The first-order chi connectivity index (χ1) is 15.6. The molecule has 6 atom stereocenters. The molecule has 182 valence electrons. The van der Waals surface area contributed by atoms with Crippen LogP contribution >= 0.6 is 0 Å². The molecule has 3 saturated carbocycles. The van der Waals surface area contributed by atoms with Crippen molar-refractivity contribution in [1.82, 2.24) is 0 Å². The second kappa shape index (κ2) is 8.35. The van der Waals surface area contributed by atoms with Crippen LogP contribution < -0.4 is 0 Å². The number of oxime groups is 2. The molecule has 7 heteroatoms. The molecule has 7 nitrogen and oxygen atoms in total. The van der Waals surface area contributed by atoms with Gasteiger partial charge in [-0.25, -0.2) is 0 Å². The standard InChI is InChI=1S/C26H38N2O5/c1-6-32-27-18-10-11-23(3)17(14-18)8-9-19-22(23)20(30)15-25(5)24(19,4)12-13-26(25,31)21(16-29)28-33-7-2/h10-11,14,19,22,29,31H,6-9,12-13,15-16H2,1-5H3/b27-18-,28-21-/t19-,22-,23+,24+,25+,26+/m1/s1. The Labute approximate surface area is 196 Å². The summed E-state index contributed by atoms with van der Waals surface area (Å²) in [6.45, 7) is 10.6. The van der Waals surface area contributed by atoms with Crippen molar-refractivity contribution >= 4 is 17.2 Å². The molecule has 0 saturated heterocycles. The summed E-state index contributed by atoms with van der Waals surface area (Å²) in [6, 6.07) is 0. The third kappa shape index (κ3) is 3.26. The molecule has 0 amide bonds. The zero-order chi connectivity index (χ0) is 24.1. The predicted molar refractivity (Wildman–Crippen MR) is 127 cm³/mol. The van der Waals surface area contributed by atoms with Crippen molar-refractivity contribution in [3.8, 4) is 0 Å². The van der Waals surface area contributed by atoms with Crippen molar-refractivity contribution < 1.29 is 24.7 Å². The maximum atomic E-state index is 13.9. The van der Waals surface area contributed by atoms with Crippen molar-refractivity contribution in [3.63, 3.8) is 0 Å². The molecule has 0 bridgehead atoms. The number of allylic oxidation sites excluding steroid dienone is 4.